The number of aliphatic imine (C=N–C) groups is 1. The average molecular weight is 199 g/mol. The minimum absolute atomic E-state index is 0.262. The lowest BCUT2D eigenvalue weighted by Crippen LogP contribution is -2.44. The zero-order valence-corrected chi connectivity index (χ0v) is 9.12. The molecule has 0 aliphatic carbocycles. The molecule has 4 nitrogen and oxygen atoms in total. The summed E-state index contributed by atoms with van der Waals surface area (Å²) < 4.78 is 5.55. The second-order valence-electron chi connectivity index (χ2n) is 3.75. The molecule has 0 saturated carbocycles. The van der Waals surface area contributed by atoms with Crippen LogP contribution in [-0.4, -0.2) is 31.3 Å². The molecule has 1 heterocycles. The van der Waals surface area contributed by atoms with Gasteiger partial charge in [-0.15, -0.1) is 0 Å². The maximum atomic E-state index is 5.71. The highest BCUT2D eigenvalue weighted by Crippen LogP contribution is 2.14. The maximum Gasteiger partial charge on any atom is 0.188 e. The number of ether oxygens (including phenoxy) is 1. The van der Waals surface area contributed by atoms with E-state index in [4.69, 9.17) is 10.5 Å². The highest BCUT2D eigenvalue weighted by atomic mass is 16.5. The quantitative estimate of drug-likeness (QED) is 0.521. The Labute approximate surface area is 85.9 Å². The fourth-order valence-electron chi connectivity index (χ4n) is 1.60. The van der Waals surface area contributed by atoms with Crippen molar-refractivity contribution in [2.75, 3.05) is 13.2 Å². The van der Waals surface area contributed by atoms with Crippen LogP contribution in [-0.2, 0) is 4.74 Å². The van der Waals surface area contributed by atoms with Gasteiger partial charge >= 0.3 is 0 Å². The van der Waals surface area contributed by atoms with Gasteiger partial charge in [-0.3, -0.25) is 4.99 Å². The minimum atomic E-state index is 0.262. The average Bonchev–Trinajstić information content (AvgIpc) is 2.67. The zero-order valence-electron chi connectivity index (χ0n) is 9.12. The standard InChI is InChI=1S/C10H21N3O/c1-3-6-12-10(11)13-8(2)9-5-4-7-14-9/h8-9H,3-7H2,1-2H3,(H3,11,12,13). The summed E-state index contributed by atoms with van der Waals surface area (Å²) in [5, 5.41) is 3.16. The monoisotopic (exact) mass is 199 g/mol. The Bertz CT molecular complexity index is 188. The Morgan fingerprint density at radius 3 is 3.07 bits per heavy atom. The summed E-state index contributed by atoms with van der Waals surface area (Å²) in [7, 11) is 0. The van der Waals surface area contributed by atoms with E-state index >= 15 is 0 Å². The molecule has 1 aliphatic rings. The molecular weight excluding hydrogens is 178 g/mol. The van der Waals surface area contributed by atoms with Gasteiger partial charge in [-0.25, -0.2) is 0 Å². The van der Waals surface area contributed by atoms with Crippen molar-refractivity contribution in [3.63, 3.8) is 0 Å². The van der Waals surface area contributed by atoms with E-state index in [1.165, 1.54) is 0 Å². The van der Waals surface area contributed by atoms with Crippen LogP contribution in [0.2, 0.25) is 0 Å². The van der Waals surface area contributed by atoms with Gasteiger partial charge in [0.15, 0.2) is 5.96 Å². The Hall–Kier alpha value is -0.770. The van der Waals surface area contributed by atoms with Gasteiger partial charge in [0, 0.05) is 13.2 Å². The van der Waals surface area contributed by atoms with E-state index in [-0.39, 0.29) is 6.04 Å². The van der Waals surface area contributed by atoms with Crippen molar-refractivity contribution < 1.29 is 4.74 Å². The molecule has 0 aromatic carbocycles. The Morgan fingerprint density at radius 1 is 1.71 bits per heavy atom. The van der Waals surface area contributed by atoms with Crippen molar-refractivity contribution >= 4 is 5.96 Å². The molecule has 0 amide bonds. The summed E-state index contributed by atoms with van der Waals surface area (Å²) in [5.41, 5.74) is 5.71. The lowest BCUT2D eigenvalue weighted by molar-refractivity contribution is 0.0892. The van der Waals surface area contributed by atoms with Gasteiger partial charge in [0.05, 0.1) is 12.1 Å². The molecule has 0 radical (unpaired) electrons. The summed E-state index contributed by atoms with van der Waals surface area (Å²) in [4.78, 5) is 4.18. The minimum Gasteiger partial charge on any atom is -0.376 e. The summed E-state index contributed by atoms with van der Waals surface area (Å²) in [6.45, 7) is 5.84. The number of hydrogen-bond donors (Lipinski definition) is 2. The van der Waals surface area contributed by atoms with Crippen LogP contribution >= 0.6 is 0 Å². The zero-order chi connectivity index (χ0) is 10.4. The first-order valence-corrected chi connectivity index (χ1v) is 5.42. The lowest BCUT2D eigenvalue weighted by Gasteiger charge is -2.20. The molecule has 14 heavy (non-hydrogen) atoms. The number of nitrogens with zero attached hydrogens (tertiary/aromatic N) is 1. The van der Waals surface area contributed by atoms with E-state index in [1.807, 2.05) is 0 Å². The summed E-state index contributed by atoms with van der Waals surface area (Å²) in [6.07, 6.45) is 3.60. The molecule has 1 saturated heterocycles. The van der Waals surface area contributed by atoms with E-state index in [0.29, 0.717) is 12.1 Å². The van der Waals surface area contributed by atoms with Gasteiger partial charge in [0.25, 0.3) is 0 Å². The van der Waals surface area contributed by atoms with Gasteiger partial charge in [-0.2, -0.15) is 0 Å². The molecule has 0 aromatic heterocycles. The first-order chi connectivity index (χ1) is 6.74. The largest absolute Gasteiger partial charge is 0.376 e. The number of hydrogen-bond acceptors (Lipinski definition) is 2. The third-order valence-electron chi connectivity index (χ3n) is 2.40. The van der Waals surface area contributed by atoms with Crippen LogP contribution in [0.25, 0.3) is 0 Å². The number of rotatable bonds is 4. The number of nitrogens with two attached hydrogens (primary N) is 1. The van der Waals surface area contributed by atoms with Gasteiger partial charge in [0.1, 0.15) is 0 Å². The topological polar surface area (TPSA) is 59.6 Å². The summed E-state index contributed by atoms with van der Waals surface area (Å²) in [6, 6.07) is 0.262. The number of nitrogens with one attached hydrogen (secondary N) is 1. The van der Waals surface area contributed by atoms with E-state index in [9.17, 15) is 0 Å². The molecule has 2 atom stereocenters. The molecule has 1 fully saturated rings. The highest BCUT2D eigenvalue weighted by molar-refractivity contribution is 5.78. The molecule has 3 N–H and O–H groups in total. The Kier molecular flexibility index (Phi) is 4.73. The molecule has 1 rings (SSSR count). The van der Waals surface area contributed by atoms with Gasteiger partial charge in [0.2, 0.25) is 0 Å². The van der Waals surface area contributed by atoms with Gasteiger partial charge < -0.3 is 15.8 Å². The predicted octanol–water partition coefficient (Wildman–Crippen LogP) is 0.868. The van der Waals surface area contributed by atoms with Crippen LogP contribution in [0.5, 0.6) is 0 Å². The predicted molar refractivity (Wildman–Crippen MR) is 58.4 cm³/mol. The molecule has 0 aromatic rings. The third-order valence-corrected chi connectivity index (χ3v) is 2.40. The second-order valence-corrected chi connectivity index (χ2v) is 3.75. The Morgan fingerprint density at radius 2 is 2.50 bits per heavy atom. The first-order valence-electron chi connectivity index (χ1n) is 5.42. The smallest absolute Gasteiger partial charge is 0.188 e. The number of guanidine groups is 1. The van der Waals surface area contributed by atoms with E-state index < -0.39 is 0 Å². The highest BCUT2D eigenvalue weighted by Gasteiger charge is 2.22. The van der Waals surface area contributed by atoms with Crippen LogP contribution in [0.4, 0.5) is 0 Å². The van der Waals surface area contributed by atoms with Crippen molar-refractivity contribution in [1.82, 2.24) is 5.32 Å². The molecular formula is C10H21N3O. The Balaban J connectivity index is 2.27. The summed E-state index contributed by atoms with van der Waals surface area (Å²) in [5.74, 6) is 0.537. The van der Waals surface area contributed by atoms with Crippen LogP contribution in [0.1, 0.15) is 33.1 Å². The van der Waals surface area contributed by atoms with Crippen molar-refractivity contribution in [1.29, 1.82) is 0 Å². The fourth-order valence-corrected chi connectivity index (χ4v) is 1.60. The van der Waals surface area contributed by atoms with Crippen molar-refractivity contribution in [2.24, 2.45) is 10.7 Å². The van der Waals surface area contributed by atoms with Crippen molar-refractivity contribution in [3.8, 4) is 0 Å². The van der Waals surface area contributed by atoms with Crippen LogP contribution in [0.3, 0.4) is 0 Å². The molecule has 4 heteroatoms. The fraction of sp³-hybridized carbons (Fsp3) is 0.900. The van der Waals surface area contributed by atoms with Gasteiger partial charge in [-0.1, -0.05) is 6.92 Å². The SMILES string of the molecule is CCCN=C(N)NC(C)C1CCCO1. The van der Waals surface area contributed by atoms with E-state index in [0.717, 1.165) is 32.4 Å². The molecule has 2 unspecified atom stereocenters. The van der Waals surface area contributed by atoms with Crippen LogP contribution in [0.15, 0.2) is 4.99 Å². The molecule has 0 spiro atoms. The molecule has 82 valence electrons. The van der Waals surface area contributed by atoms with Gasteiger partial charge in [-0.05, 0) is 26.2 Å². The third kappa shape index (κ3) is 3.54. The normalized spacial score (nSPS) is 25.0. The molecule has 1 aliphatic heterocycles. The maximum absolute atomic E-state index is 5.71. The lowest BCUT2D eigenvalue weighted by atomic mass is 10.1. The summed E-state index contributed by atoms with van der Waals surface area (Å²) >= 11 is 0. The van der Waals surface area contributed by atoms with Crippen molar-refractivity contribution in [3.05, 3.63) is 0 Å². The molecule has 0 bridgehead atoms. The van der Waals surface area contributed by atoms with E-state index in [2.05, 4.69) is 24.2 Å². The van der Waals surface area contributed by atoms with Crippen molar-refractivity contribution in [2.45, 2.75) is 45.3 Å². The first kappa shape index (κ1) is 11.3. The second kappa shape index (κ2) is 5.86. The van der Waals surface area contributed by atoms with Crippen LogP contribution < -0.4 is 11.1 Å². The van der Waals surface area contributed by atoms with Crippen LogP contribution in [0, 0.1) is 0 Å². The van der Waals surface area contributed by atoms with E-state index in [1.54, 1.807) is 0 Å².